The maximum absolute atomic E-state index is 6.35. The van der Waals surface area contributed by atoms with E-state index in [0.29, 0.717) is 5.92 Å². The molecule has 3 heteroatoms. The average Bonchev–Trinajstić information content (AvgIpc) is 2.84. The van der Waals surface area contributed by atoms with Gasteiger partial charge in [-0.3, -0.25) is 0 Å². The summed E-state index contributed by atoms with van der Waals surface area (Å²) in [7, 11) is 2.06. The molecule has 1 saturated carbocycles. The minimum atomic E-state index is 0.245. The molecule has 1 atom stereocenters. The van der Waals surface area contributed by atoms with Crippen LogP contribution in [0.3, 0.4) is 0 Å². The van der Waals surface area contributed by atoms with Crippen LogP contribution in [0.2, 0.25) is 0 Å². The fraction of sp³-hybridized carbons (Fsp3) is 0.500. The number of anilines is 1. The summed E-state index contributed by atoms with van der Waals surface area (Å²) in [5.74, 6) is 2.84. The standard InChI is InChI=1S/C18H25N3/c1-13(14-9-5-3-6-10-14)16-17(19)21(2)18(20-16)15-11-7-4-8-12-15/h3,5-6,9-10,13,15H,4,7-8,11-12,19H2,1-2H3. The molecule has 21 heavy (non-hydrogen) atoms. The maximum Gasteiger partial charge on any atom is 0.127 e. The molecule has 0 spiro atoms. The molecule has 1 aliphatic carbocycles. The molecule has 0 saturated heterocycles. The molecular formula is C18H25N3. The molecule has 0 amide bonds. The fourth-order valence-electron chi connectivity index (χ4n) is 3.50. The Morgan fingerprint density at radius 1 is 1.14 bits per heavy atom. The number of hydrogen-bond donors (Lipinski definition) is 1. The van der Waals surface area contributed by atoms with Gasteiger partial charge in [0.1, 0.15) is 11.6 Å². The number of benzene rings is 1. The second kappa shape index (κ2) is 5.92. The van der Waals surface area contributed by atoms with E-state index in [-0.39, 0.29) is 5.92 Å². The van der Waals surface area contributed by atoms with Gasteiger partial charge in [0.2, 0.25) is 0 Å². The van der Waals surface area contributed by atoms with Crippen molar-refractivity contribution < 1.29 is 0 Å². The molecule has 1 fully saturated rings. The maximum atomic E-state index is 6.35. The number of aromatic nitrogens is 2. The van der Waals surface area contributed by atoms with Gasteiger partial charge in [0, 0.05) is 18.9 Å². The van der Waals surface area contributed by atoms with E-state index in [1.54, 1.807) is 0 Å². The quantitative estimate of drug-likeness (QED) is 0.917. The summed E-state index contributed by atoms with van der Waals surface area (Å²) in [5, 5.41) is 0. The fourth-order valence-corrected chi connectivity index (χ4v) is 3.50. The van der Waals surface area contributed by atoms with Crippen LogP contribution in [0.25, 0.3) is 0 Å². The van der Waals surface area contributed by atoms with Crippen LogP contribution in [0.4, 0.5) is 5.82 Å². The molecule has 1 aliphatic rings. The normalized spacial score (nSPS) is 17.8. The van der Waals surface area contributed by atoms with Crippen LogP contribution in [0.15, 0.2) is 30.3 Å². The molecule has 0 aliphatic heterocycles. The summed E-state index contributed by atoms with van der Waals surface area (Å²) < 4.78 is 2.12. The SMILES string of the molecule is CC(c1ccccc1)c1nc(C2CCCCC2)n(C)c1N. The molecule has 1 aromatic heterocycles. The van der Waals surface area contributed by atoms with E-state index >= 15 is 0 Å². The van der Waals surface area contributed by atoms with Crippen LogP contribution in [0.5, 0.6) is 0 Å². The Labute approximate surface area is 127 Å². The smallest absolute Gasteiger partial charge is 0.127 e. The van der Waals surface area contributed by atoms with Gasteiger partial charge < -0.3 is 10.3 Å². The molecule has 1 aromatic carbocycles. The van der Waals surface area contributed by atoms with Crippen LogP contribution >= 0.6 is 0 Å². The molecule has 0 bridgehead atoms. The van der Waals surface area contributed by atoms with E-state index in [9.17, 15) is 0 Å². The van der Waals surface area contributed by atoms with E-state index in [1.807, 2.05) is 6.07 Å². The van der Waals surface area contributed by atoms with Gasteiger partial charge in [-0.1, -0.05) is 56.5 Å². The summed E-state index contributed by atoms with van der Waals surface area (Å²) in [6, 6.07) is 10.5. The number of nitrogens with two attached hydrogens (primary N) is 1. The molecule has 0 radical (unpaired) electrons. The molecule has 2 aromatic rings. The van der Waals surface area contributed by atoms with Gasteiger partial charge in [0.05, 0.1) is 5.69 Å². The van der Waals surface area contributed by atoms with Crippen molar-refractivity contribution in [1.82, 2.24) is 9.55 Å². The van der Waals surface area contributed by atoms with E-state index in [1.165, 1.54) is 43.5 Å². The van der Waals surface area contributed by atoms with E-state index < -0.39 is 0 Å². The summed E-state index contributed by atoms with van der Waals surface area (Å²) in [4.78, 5) is 4.95. The second-order valence-electron chi connectivity index (χ2n) is 6.27. The third-order valence-electron chi connectivity index (χ3n) is 4.88. The number of nitrogen functional groups attached to an aromatic ring is 1. The lowest BCUT2D eigenvalue weighted by Gasteiger charge is -2.21. The zero-order chi connectivity index (χ0) is 14.8. The lowest BCUT2D eigenvalue weighted by atomic mass is 9.88. The number of imidazole rings is 1. The minimum Gasteiger partial charge on any atom is -0.384 e. The third kappa shape index (κ3) is 2.69. The second-order valence-corrected chi connectivity index (χ2v) is 6.27. The first-order valence-electron chi connectivity index (χ1n) is 8.05. The molecule has 1 unspecified atom stereocenters. The molecule has 3 nitrogen and oxygen atoms in total. The largest absolute Gasteiger partial charge is 0.384 e. The van der Waals surface area contributed by atoms with Crippen LogP contribution in [-0.4, -0.2) is 9.55 Å². The first kappa shape index (κ1) is 14.2. The highest BCUT2D eigenvalue weighted by molar-refractivity contribution is 5.45. The minimum absolute atomic E-state index is 0.245. The Hall–Kier alpha value is -1.77. The van der Waals surface area contributed by atoms with Gasteiger partial charge in [-0.2, -0.15) is 0 Å². The van der Waals surface area contributed by atoms with Crippen molar-refractivity contribution in [1.29, 1.82) is 0 Å². The van der Waals surface area contributed by atoms with Crippen LogP contribution < -0.4 is 5.73 Å². The van der Waals surface area contributed by atoms with Gasteiger partial charge in [0.25, 0.3) is 0 Å². The number of rotatable bonds is 3. The molecular weight excluding hydrogens is 258 g/mol. The number of hydrogen-bond acceptors (Lipinski definition) is 2. The van der Waals surface area contributed by atoms with Crippen molar-refractivity contribution in [2.45, 2.75) is 50.9 Å². The van der Waals surface area contributed by atoms with Crippen LogP contribution in [-0.2, 0) is 7.05 Å². The van der Waals surface area contributed by atoms with E-state index in [0.717, 1.165) is 11.5 Å². The van der Waals surface area contributed by atoms with Gasteiger partial charge in [0.15, 0.2) is 0 Å². The van der Waals surface area contributed by atoms with Gasteiger partial charge in [-0.15, -0.1) is 0 Å². The van der Waals surface area contributed by atoms with E-state index in [2.05, 4.69) is 42.8 Å². The average molecular weight is 283 g/mol. The van der Waals surface area contributed by atoms with Crippen molar-refractivity contribution in [2.75, 3.05) is 5.73 Å². The zero-order valence-electron chi connectivity index (χ0n) is 13.0. The molecule has 112 valence electrons. The Bertz CT molecular complexity index is 594. The van der Waals surface area contributed by atoms with Crippen molar-refractivity contribution in [3.8, 4) is 0 Å². The molecule has 2 N–H and O–H groups in total. The first-order valence-corrected chi connectivity index (χ1v) is 8.05. The Kier molecular flexibility index (Phi) is 4.00. The summed E-state index contributed by atoms with van der Waals surface area (Å²) in [5.41, 5.74) is 8.66. The lowest BCUT2D eigenvalue weighted by molar-refractivity contribution is 0.421. The zero-order valence-corrected chi connectivity index (χ0v) is 13.0. The Morgan fingerprint density at radius 3 is 2.48 bits per heavy atom. The predicted molar refractivity (Wildman–Crippen MR) is 87.4 cm³/mol. The lowest BCUT2D eigenvalue weighted by Crippen LogP contribution is -2.11. The Morgan fingerprint density at radius 2 is 1.81 bits per heavy atom. The van der Waals surface area contributed by atoms with Crippen LogP contribution in [0, 0.1) is 0 Å². The van der Waals surface area contributed by atoms with Crippen molar-refractivity contribution in [2.24, 2.45) is 7.05 Å². The van der Waals surface area contributed by atoms with Crippen LogP contribution in [0.1, 0.15) is 67.9 Å². The van der Waals surface area contributed by atoms with Crippen molar-refractivity contribution in [3.05, 3.63) is 47.4 Å². The summed E-state index contributed by atoms with van der Waals surface area (Å²) in [6.45, 7) is 2.19. The van der Waals surface area contributed by atoms with E-state index in [4.69, 9.17) is 10.7 Å². The molecule has 1 heterocycles. The van der Waals surface area contributed by atoms with Gasteiger partial charge >= 0.3 is 0 Å². The van der Waals surface area contributed by atoms with Gasteiger partial charge in [-0.25, -0.2) is 4.98 Å². The van der Waals surface area contributed by atoms with Crippen molar-refractivity contribution in [3.63, 3.8) is 0 Å². The van der Waals surface area contributed by atoms with Gasteiger partial charge in [-0.05, 0) is 18.4 Å². The number of nitrogens with zero attached hydrogens (tertiary/aromatic N) is 2. The summed E-state index contributed by atoms with van der Waals surface area (Å²) >= 11 is 0. The first-order chi connectivity index (χ1) is 10.2. The van der Waals surface area contributed by atoms with Crippen molar-refractivity contribution >= 4 is 5.82 Å². The monoisotopic (exact) mass is 283 g/mol. The third-order valence-corrected chi connectivity index (χ3v) is 4.88. The Balaban J connectivity index is 1.93. The highest BCUT2D eigenvalue weighted by Gasteiger charge is 2.25. The predicted octanol–water partition coefficient (Wildman–Crippen LogP) is 4.20. The summed E-state index contributed by atoms with van der Waals surface area (Å²) in [6.07, 6.45) is 6.51. The highest BCUT2D eigenvalue weighted by atomic mass is 15.1. The molecule has 3 rings (SSSR count). The highest BCUT2D eigenvalue weighted by Crippen LogP contribution is 2.36. The topological polar surface area (TPSA) is 43.8 Å².